The number of benzene rings is 2. The van der Waals surface area contributed by atoms with Gasteiger partial charge in [0.15, 0.2) is 0 Å². The molecule has 0 saturated carbocycles. The predicted molar refractivity (Wildman–Crippen MR) is 80.5 cm³/mol. The molecule has 0 aliphatic heterocycles. The van der Waals surface area contributed by atoms with Gasteiger partial charge in [0.25, 0.3) is 0 Å². The zero-order valence-corrected chi connectivity index (χ0v) is 12.7. The normalized spacial score (nSPS) is 14.1. The van der Waals surface area contributed by atoms with Crippen molar-refractivity contribution >= 4 is 15.9 Å². The van der Waals surface area contributed by atoms with Gasteiger partial charge in [-0.1, -0.05) is 37.3 Å². The van der Waals surface area contributed by atoms with Crippen molar-refractivity contribution in [3.8, 4) is 0 Å². The lowest BCUT2D eigenvalue weighted by Gasteiger charge is -2.24. The molecule has 2 unspecified atom stereocenters. The van der Waals surface area contributed by atoms with E-state index in [9.17, 15) is 8.78 Å². The average Bonchev–Trinajstić information content (AvgIpc) is 2.44. The minimum atomic E-state index is -0.579. The molecule has 106 valence electrons. The molecule has 0 fully saturated rings. The van der Waals surface area contributed by atoms with E-state index in [0.717, 1.165) is 18.1 Å². The van der Waals surface area contributed by atoms with Crippen molar-refractivity contribution in [1.29, 1.82) is 0 Å². The monoisotopic (exact) mass is 339 g/mol. The zero-order valence-electron chi connectivity index (χ0n) is 11.1. The Morgan fingerprint density at radius 2 is 1.75 bits per heavy atom. The van der Waals surface area contributed by atoms with Crippen LogP contribution >= 0.6 is 15.9 Å². The molecular weight excluding hydrogens is 324 g/mol. The Hall–Kier alpha value is -1.26. The highest BCUT2D eigenvalue weighted by atomic mass is 79.9. The Morgan fingerprint density at radius 1 is 1.10 bits per heavy atom. The summed E-state index contributed by atoms with van der Waals surface area (Å²) in [6, 6.07) is 11.4. The second-order valence-electron chi connectivity index (χ2n) is 4.74. The molecule has 0 spiro atoms. The molecule has 0 saturated heterocycles. The van der Waals surface area contributed by atoms with Crippen molar-refractivity contribution in [2.24, 2.45) is 5.73 Å². The van der Waals surface area contributed by atoms with Crippen LogP contribution in [0.15, 0.2) is 46.9 Å². The van der Waals surface area contributed by atoms with Crippen molar-refractivity contribution in [3.63, 3.8) is 0 Å². The van der Waals surface area contributed by atoms with Gasteiger partial charge in [0.2, 0.25) is 0 Å². The lowest BCUT2D eigenvalue weighted by Crippen LogP contribution is -2.21. The van der Waals surface area contributed by atoms with Gasteiger partial charge in [0, 0.05) is 17.5 Å². The Balaban J connectivity index is 2.39. The first-order valence-electron chi connectivity index (χ1n) is 6.49. The molecule has 2 N–H and O–H groups in total. The molecule has 0 aromatic heterocycles. The van der Waals surface area contributed by atoms with Gasteiger partial charge in [-0.05, 0) is 40.0 Å². The fourth-order valence-electron chi connectivity index (χ4n) is 2.41. The van der Waals surface area contributed by atoms with Gasteiger partial charge >= 0.3 is 0 Å². The summed E-state index contributed by atoms with van der Waals surface area (Å²) in [4.78, 5) is 0. The molecule has 2 aromatic rings. The van der Waals surface area contributed by atoms with E-state index in [1.54, 1.807) is 0 Å². The van der Waals surface area contributed by atoms with Gasteiger partial charge in [-0.25, -0.2) is 8.78 Å². The second-order valence-corrected chi connectivity index (χ2v) is 5.59. The summed E-state index contributed by atoms with van der Waals surface area (Å²) >= 11 is 2.97. The van der Waals surface area contributed by atoms with E-state index in [4.69, 9.17) is 5.73 Å². The summed E-state index contributed by atoms with van der Waals surface area (Å²) < 4.78 is 27.7. The van der Waals surface area contributed by atoms with Gasteiger partial charge in [0.1, 0.15) is 11.6 Å². The van der Waals surface area contributed by atoms with Crippen LogP contribution in [0.2, 0.25) is 0 Å². The molecule has 2 aromatic carbocycles. The largest absolute Gasteiger partial charge is 0.323 e. The van der Waals surface area contributed by atoms with Crippen LogP contribution in [0.3, 0.4) is 0 Å². The summed E-state index contributed by atoms with van der Waals surface area (Å²) in [5.74, 6) is -1.04. The summed E-state index contributed by atoms with van der Waals surface area (Å²) in [7, 11) is 0. The molecule has 2 rings (SSSR count). The van der Waals surface area contributed by atoms with Gasteiger partial charge in [-0.3, -0.25) is 0 Å². The lowest BCUT2D eigenvalue weighted by atomic mass is 9.85. The number of halogens is 3. The van der Waals surface area contributed by atoms with Crippen LogP contribution in [-0.2, 0) is 0 Å². The number of hydrogen-bond acceptors (Lipinski definition) is 1. The Kier molecular flexibility index (Phi) is 4.89. The van der Waals surface area contributed by atoms with E-state index in [0.29, 0.717) is 0 Å². The van der Waals surface area contributed by atoms with Crippen LogP contribution < -0.4 is 5.73 Å². The standard InChI is InChI=1S/C16H16BrF2N/c1-2-11(10-6-4-3-5-7-10)16(20)12-8-15(19)13(17)9-14(12)18/h3-9,11,16H,2,20H2,1H3. The van der Waals surface area contributed by atoms with Gasteiger partial charge in [-0.15, -0.1) is 0 Å². The first kappa shape index (κ1) is 15.1. The van der Waals surface area contributed by atoms with Crippen LogP contribution in [0.25, 0.3) is 0 Å². The van der Waals surface area contributed by atoms with E-state index in [-0.39, 0.29) is 16.0 Å². The topological polar surface area (TPSA) is 26.0 Å². The first-order chi connectivity index (χ1) is 9.54. The van der Waals surface area contributed by atoms with Gasteiger partial charge < -0.3 is 5.73 Å². The molecule has 1 nitrogen and oxygen atoms in total. The number of hydrogen-bond donors (Lipinski definition) is 1. The zero-order chi connectivity index (χ0) is 14.7. The predicted octanol–water partition coefficient (Wildman–Crippen LogP) is 4.92. The first-order valence-corrected chi connectivity index (χ1v) is 7.28. The summed E-state index contributed by atoms with van der Waals surface area (Å²) in [5, 5.41) is 0. The van der Waals surface area contributed by atoms with Crippen LogP contribution in [-0.4, -0.2) is 0 Å². The van der Waals surface area contributed by atoms with E-state index in [1.807, 2.05) is 37.3 Å². The fraction of sp³-hybridized carbons (Fsp3) is 0.250. The van der Waals surface area contributed by atoms with Crippen molar-refractivity contribution in [3.05, 3.63) is 69.7 Å². The maximum Gasteiger partial charge on any atom is 0.137 e. The van der Waals surface area contributed by atoms with Crippen LogP contribution in [0.1, 0.15) is 36.4 Å². The molecule has 4 heteroatoms. The summed E-state index contributed by atoms with van der Waals surface area (Å²) in [6.45, 7) is 1.99. The highest BCUT2D eigenvalue weighted by Gasteiger charge is 2.23. The van der Waals surface area contributed by atoms with Crippen molar-refractivity contribution < 1.29 is 8.78 Å². The number of rotatable bonds is 4. The minimum Gasteiger partial charge on any atom is -0.323 e. The molecule has 0 aliphatic carbocycles. The molecule has 0 bridgehead atoms. The van der Waals surface area contributed by atoms with Crippen LogP contribution in [0.4, 0.5) is 8.78 Å². The average molecular weight is 340 g/mol. The van der Waals surface area contributed by atoms with Gasteiger partial charge in [-0.2, -0.15) is 0 Å². The molecule has 0 amide bonds. The molecular formula is C16H16BrF2N. The Bertz CT molecular complexity index is 587. The van der Waals surface area contributed by atoms with E-state index in [1.165, 1.54) is 6.07 Å². The molecule has 0 radical (unpaired) electrons. The SMILES string of the molecule is CCC(c1ccccc1)C(N)c1cc(F)c(Br)cc1F. The van der Waals surface area contributed by atoms with Crippen molar-refractivity contribution in [2.45, 2.75) is 25.3 Å². The fourth-order valence-corrected chi connectivity index (χ4v) is 2.72. The van der Waals surface area contributed by atoms with E-state index < -0.39 is 17.7 Å². The lowest BCUT2D eigenvalue weighted by molar-refractivity contribution is 0.497. The summed E-state index contributed by atoms with van der Waals surface area (Å²) in [6.07, 6.45) is 0.752. The van der Waals surface area contributed by atoms with Crippen LogP contribution in [0, 0.1) is 11.6 Å². The van der Waals surface area contributed by atoms with E-state index >= 15 is 0 Å². The Labute approximate surface area is 125 Å². The van der Waals surface area contributed by atoms with Crippen molar-refractivity contribution in [1.82, 2.24) is 0 Å². The smallest absolute Gasteiger partial charge is 0.137 e. The maximum absolute atomic E-state index is 14.0. The highest BCUT2D eigenvalue weighted by Crippen LogP contribution is 2.34. The summed E-state index contributed by atoms with van der Waals surface area (Å²) in [5.41, 5.74) is 7.42. The molecule has 20 heavy (non-hydrogen) atoms. The van der Waals surface area contributed by atoms with E-state index in [2.05, 4.69) is 15.9 Å². The highest BCUT2D eigenvalue weighted by molar-refractivity contribution is 9.10. The van der Waals surface area contributed by atoms with Crippen molar-refractivity contribution in [2.75, 3.05) is 0 Å². The maximum atomic E-state index is 14.0. The van der Waals surface area contributed by atoms with Crippen LogP contribution in [0.5, 0.6) is 0 Å². The third-order valence-electron chi connectivity index (χ3n) is 3.50. The third-order valence-corrected chi connectivity index (χ3v) is 4.11. The minimum absolute atomic E-state index is 0.0497. The number of nitrogens with two attached hydrogens (primary N) is 1. The molecule has 0 heterocycles. The third kappa shape index (κ3) is 3.07. The quantitative estimate of drug-likeness (QED) is 0.786. The second kappa shape index (κ2) is 6.46. The van der Waals surface area contributed by atoms with Gasteiger partial charge in [0.05, 0.1) is 4.47 Å². The molecule has 0 aliphatic rings. The Morgan fingerprint density at radius 3 is 2.35 bits per heavy atom. The molecule has 2 atom stereocenters.